The number of nitro groups is 1. The Hall–Kier alpha value is -2.11. The van der Waals surface area contributed by atoms with Crippen LogP contribution in [0.25, 0.3) is 0 Å². The van der Waals surface area contributed by atoms with Crippen LogP contribution in [0.1, 0.15) is 0 Å². The van der Waals surface area contributed by atoms with Gasteiger partial charge in [0, 0.05) is 22.8 Å². The van der Waals surface area contributed by atoms with E-state index in [0.717, 1.165) is 18.2 Å². The molecular weight excluding hydrogens is 545 g/mol. The van der Waals surface area contributed by atoms with Gasteiger partial charge in [-0.25, -0.2) is 13.4 Å². The van der Waals surface area contributed by atoms with Crippen LogP contribution >= 0.6 is 50.7 Å². The number of non-ortho nitro benzene ring substituents is 1. The SMILES string of the molecule is O=[N+]([O-])c1ccc(Oc2c(Cl)cc(S(=O)(=O)Nc3cc(Br)ccn3)cc2Cl)c(Cl)c1. The van der Waals surface area contributed by atoms with Gasteiger partial charge in [0.2, 0.25) is 0 Å². The molecule has 1 heterocycles. The second kappa shape index (κ2) is 8.94. The predicted molar refractivity (Wildman–Crippen MR) is 117 cm³/mol. The minimum atomic E-state index is -4.05. The number of aromatic nitrogens is 1. The van der Waals surface area contributed by atoms with E-state index in [2.05, 4.69) is 25.6 Å². The number of nitrogens with one attached hydrogen (secondary N) is 1. The molecule has 0 aliphatic rings. The number of sulfonamides is 1. The molecule has 3 aromatic rings. The van der Waals surface area contributed by atoms with Crippen molar-refractivity contribution in [3.63, 3.8) is 0 Å². The van der Waals surface area contributed by atoms with E-state index >= 15 is 0 Å². The normalized spacial score (nSPS) is 11.2. The van der Waals surface area contributed by atoms with Crippen molar-refractivity contribution in [1.82, 2.24) is 4.98 Å². The van der Waals surface area contributed by atoms with Crippen LogP contribution in [-0.2, 0) is 10.0 Å². The summed E-state index contributed by atoms with van der Waals surface area (Å²) in [6, 6.07) is 8.97. The zero-order chi connectivity index (χ0) is 22.1. The van der Waals surface area contributed by atoms with Crippen molar-refractivity contribution in [1.29, 1.82) is 0 Å². The van der Waals surface area contributed by atoms with Gasteiger partial charge in [-0.05, 0) is 30.3 Å². The molecule has 3 rings (SSSR count). The molecule has 8 nitrogen and oxygen atoms in total. The summed E-state index contributed by atoms with van der Waals surface area (Å²) >= 11 is 21.6. The highest BCUT2D eigenvalue weighted by molar-refractivity contribution is 9.10. The summed E-state index contributed by atoms with van der Waals surface area (Å²) < 4.78 is 33.8. The second-order valence-corrected chi connectivity index (χ2v) is 9.47. The molecule has 1 N–H and O–H groups in total. The fourth-order valence-electron chi connectivity index (χ4n) is 2.24. The highest BCUT2D eigenvalue weighted by Crippen LogP contribution is 2.41. The Labute approximate surface area is 194 Å². The summed E-state index contributed by atoms with van der Waals surface area (Å²) in [5.41, 5.74) is -0.224. The Morgan fingerprint density at radius 1 is 1.03 bits per heavy atom. The lowest BCUT2D eigenvalue weighted by Gasteiger charge is -2.13. The highest BCUT2D eigenvalue weighted by Gasteiger charge is 2.21. The maximum absolute atomic E-state index is 12.6. The summed E-state index contributed by atoms with van der Waals surface area (Å²) in [4.78, 5) is 13.9. The van der Waals surface area contributed by atoms with Crippen LogP contribution in [-0.4, -0.2) is 18.3 Å². The van der Waals surface area contributed by atoms with Crippen LogP contribution < -0.4 is 9.46 Å². The molecule has 30 heavy (non-hydrogen) atoms. The van der Waals surface area contributed by atoms with Gasteiger partial charge in [-0.15, -0.1) is 0 Å². The third kappa shape index (κ3) is 5.13. The van der Waals surface area contributed by atoms with Gasteiger partial charge in [0.15, 0.2) is 5.75 Å². The van der Waals surface area contributed by atoms with Crippen LogP contribution in [0, 0.1) is 10.1 Å². The molecule has 13 heteroatoms. The van der Waals surface area contributed by atoms with Crippen molar-refractivity contribution < 1.29 is 18.1 Å². The molecule has 0 aliphatic heterocycles. The number of pyridine rings is 1. The average Bonchev–Trinajstić information content (AvgIpc) is 2.65. The number of hydrogen-bond donors (Lipinski definition) is 1. The van der Waals surface area contributed by atoms with Gasteiger partial charge in [0.05, 0.1) is 24.9 Å². The van der Waals surface area contributed by atoms with Gasteiger partial charge in [-0.2, -0.15) is 0 Å². The van der Waals surface area contributed by atoms with Crippen molar-refractivity contribution in [2.24, 2.45) is 0 Å². The Morgan fingerprint density at radius 2 is 1.70 bits per heavy atom. The molecule has 2 aromatic carbocycles. The minimum Gasteiger partial charge on any atom is -0.453 e. The zero-order valence-electron chi connectivity index (χ0n) is 14.5. The Bertz CT molecular complexity index is 1230. The molecule has 0 fully saturated rings. The molecule has 156 valence electrons. The van der Waals surface area contributed by atoms with E-state index in [1.807, 2.05) is 0 Å². The minimum absolute atomic E-state index is 0.0459. The van der Waals surface area contributed by atoms with Crippen LogP contribution in [0.5, 0.6) is 11.5 Å². The molecule has 0 radical (unpaired) electrons. The molecule has 0 spiro atoms. The maximum Gasteiger partial charge on any atom is 0.271 e. The van der Waals surface area contributed by atoms with Gasteiger partial charge in [-0.3, -0.25) is 14.8 Å². The summed E-state index contributed by atoms with van der Waals surface area (Å²) in [6.45, 7) is 0. The molecule has 0 unspecified atom stereocenters. The number of nitrogens with zero attached hydrogens (tertiary/aromatic N) is 2. The van der Waals surface area contributed by atoms with Gasteiger partial charge in [0.1, 0.15) is 11.6 Å². The lowest BCUT2D eigenvalue weighted by atomic mass is 10.3. The third-order valence-electron chi connectivity index (χ3n) is 3.58. The van der Waals surface area contributed by atoms with E-state index in [1.54, 1.807) is 6.07 Å². The van der Waals surface area contributed by atoms with Crippen molar-refractivity contribution in [2.45, 2.75) is 4.90 Å². The Morgan fingerprint density at radius 3 is 2.27 bits per heavy atom. The topological polar surface area (TPSA) is 111 Å². The standard InChI is InChI=1S/C17H9BrCl3N3O5S/c18-9-3-4-22-16(5-9)23-30(27,28)11-7-13(20)17(14(21)8-11)29-15-2-1-10(24(25)26)6-12(15)19/h1-8H,(H,22,23). The van der Waals surface area contributed by atoms with Crippen LogP contribution in [0.3, 0.4) is 0 Å². The summed E-state index contributed by atoms with van der Waals surface area (Å²) in [7, 11) is -4.05. The van der Waals surface area contributed by atoms with E-state index in [0.29, 0.717) is 4.47 Å². The number of rotatable bonds is 6. The largest absolute Gasteiger partial charge is 0.453 e. The van der Waals surface area contributed by atoms with Crippen molar-refractivity contribution in [3.05, 3.63) is 78.3 Å². The number of ether oxygens (including phenoxy) is 1. The molecule has 0 aliphatic carbocycles. The number of benzene rings is 2. The lowest BCUT2D eigenvalue weighted by molar-refractivity contribution is -0.384. The quantitative estimate of drug-likeness (QED) is 0.283. The summed E-state index contributed by atoms with van der Waals surface area (Å²) in [6.07, 6.45) is 1.42. The van der Waals surface area contributed by atoms with Crippen LogP contribution in [0.15, 0.2) is 58.0 Å². The zero-order valence-corrected chi connectivity index (χ0v) is 19.1. The van der Waals surface area contributed by atoms with Crippen LogP contribution in [0.2, 0.25) is 15.1 Å². The van der Waals surface area contributed by atoms with Gasteiger partial charge in [-0.1, -0.05) is 50.7 Å². The number of hydrogen-bond acceptors (Lipinski definition) is 6. The van der Waals surface area contributed by atoms with E-state index in [9.17, 15) is 18.5 Å². The molecule has 1 aromatic heterocycles. The van der Waals surface area contributed by atoms with E-state index in [1.165, 1.54) is 24.4 Å². The van der Waals surface area contributed by atoms with E-state index in [-0.39, 0.29) is 43.0 Å². The molecular formula is C17H9BrCl3N3O5S. The first-order valence-electron chi connectivity index (χ1n) is 7.82. The fourth-order valence-corrected chi connectivity index (χ4v) is 4.54. The number of halogens is 4. The summed E-state index contributed by atoms with van der Waals surface area (Å²) in [5, 5.41) is 10.5. The highest BCUT2D eigenvalue weighted by atomic mass is 79.9. The van der Waals surface area contributed by atoms with Gasteiger partial charge in [0.25, 0.3) is 15.7 Å². The van der Waals surface area contributed by atoms with Crippen molar-refractivity contribution in [3.8, 4) is 11.5 Å². The molecule has 0 saturated carbocycles. The molecule has 0 amide bonds. The molecule has 0 atom stereocenters. The average molecular weight is 554 g/mol. The number of nitro benzene ring substituents is 1. The summed E-state index contributed by atoms with van der Waals surface area (Å²) in [5.74, 6) is 0.0846. The van der Waals surface area contributed by atoms with Crippen molar-refractivity contribution >= 4 is 72.3 Å². The lowest BCUT2D eigenvalue weighted by Crippen LogP contribution is -2.14. The molecule has 0 saturated heterocycles. The first-order valence-corrected chi connectivity index (χ1v) is 11.2. The van der Waals surface area contributed by atoms with E-state index < -0.39 is 14.9 Å². The first-order chi connectivity index (χ1) is 14.1. The smallest absolute Gasteiger partial charge is 0.271 e. The Balaban J connectivity index is 1.91. The monoisotopic (exact) mass is 551 g/mol. The number of anilines is 1. The Kier molecular flexibility index (Phi) is 6.73. The van der Waals surface area contributed by atoms with Crippen LogP contribution in [0.4, 0.5) is 11.5 Å². The predicted octanol–water partition coefficient (Wildman–Crippen LogP) is 6.31. The maximum atomic E-state index is 12.6. The van der Waals surface area contributed by atoms with Gasteiger partial charge < -0.3 is 4.74 Å². The van der Waals surface area contributed by atoms with E-state index in [4.69, 9.17) is 39.5 Å². The van der Waals surface area contributed by atoms with Gasteiger partial charge >= 0.3 is 0 Å². The third-order valence-corrected chi connectivity index (χ3v) is 6.27. The van der Waals surface area contributed by atoms with Crippen molar-refractivity contribution in [2.75, 3.05) is 4.72 Å². The first kappa shape index (κ1) is 22.6. The molecule has 0 bridgehead atoms. The fraction of sp³-hybridized carbons (Fsp3) is 0. The second-order valence-electron chi connectivity index (χ2n) is 5.65.